The fraction of sp³-hybridized carbons (Fsp3) is 0.647. The molecule has 1 aromatic carbocycles. The van der Waals surface area contributed by atoms with E-state index < -0.39 is 0 Å². The first-order valence-corrected chi connectivity index (χ1v) is 8.12. The molecule has 0 radical (unpaired) electrons. The molecule has 2 heterocycles. The van der Waals surface area contributed by atoms with Gasteiger partial charge in [0.1, 0.15) is 0 Å². The van der Waals surface area contributed by atoms with Crippen LogP contribution in [0.1, 0.15) is 38.5 Å². The molecule has 3 rings (SSSR count). The highest BCUT2D eigenvalue weighted by Gasteiger charge is 2.14. The molecule has 0 saturated carbocycles. The second kappa shape index (κ2) is 6.98. The second-order valence-corrected chi connectivity index (χ2v) is 5.95. The predicted molar refractivity (Wildman–Crippen MR) is 84.6 cm³/mol. The third-order valence-corrected chi connectivity index (χ3v) is 4.39. The number of nitrogens with one attached hydrogen (secondary N) is 1. The number of hydrogen-bond acceptors (Lipinski definition) is 3. The summed E-state index contributed by atoms with van der Waals surface area (Å²) in [5, 5.41) is 3.51. The number of anilines is 2. The van der Waals surface area contributed by atoms with Gasteiger partial charge in [-0.3, -0.25) is 0 Å². The van der Waals surface area contributed by atoms with Gasteiger partial charge in [0.2, 0.25) is 0 Å². The molecule has 0 amide bonds. The highest BCUT2D eigenvalue weighted by molar-refractivity contribution is 5.55. The largest absolute Gasteiger partial charge is 0.385 e. The Hall–Kier alpha value is -1.22. The Kier molecular flexibility index (Phi) is 4.80. The Balaban J connectivity index is 1.39. The van der Waals surface area contributed by atoms with Crippen LogP contribution in [0.2, 0.25) is 0 Å². The van der Waals surface area contributed by atoms with E-state index in [2.05, 4.69) is 34.5 Å². The summed E-state index contributed by atoms with van der Waals surface area (Å²) in [6, 6.07) is 8.90. The maximum Gasteiger partial charge on any atom is 0.0576 e. The molecule has 0 aromatic heterocycles. The van der Waals surface area contributed by atoms with Gasteiger partial charge in [-0.25, -0.2) is 0 Å². The van der Waals surface area contributed by atoms with Crippen molar-refractivity contribution in [2.75, 3.05) is 36.5 Å². The molecule has 0 aliphatic carbocycles. The lowest BCUT2D eigenvalue weighted by molar-refractivity contribution is 0.103. The summed E-state index contributed by atoms with van der Waals surface area (Å²) in [5.74, 6) is 0. The molecule has 2 fully saturated rings. The van der Waals surface area contributed by atoms with Gasteiger partial charge >= 0.3 is 0 Å². The smallest absolute Gasteiger partial charge is 0.0576 e. The molecule has 20 heavy (non-hydrogen) atoms. The zero-order valence-electron chi connectivity index (χ0n) is 12.3. The Morgan fingerprint density at radius 2 is 1.90 bits per heavy atom. The molecular formula is C17H26N2O. The Labute approximate surface area is 122 Å². The van der Waals surface area contributed by atoms with Gasteiger partial charge < -0.3 is 15.0 Å². The number of ether oxygens (including phenoxy) is 1. The zero-order valence-corrected chi connectivity index (χ0v) is 12.3. The predicted octanol–water partition coefficient (Wildman–Crippen LogP) is 3.66. The highest BCUT2D eigenvalue weighted by atomic mass is 16.5. The van der Waals surface area contributed by atoms with Crippen LogP contribution < -0.4 is 10.2 Å². The van der Waals surface area contributed by atoms with E-state index in [4.69, 9.17) is 4.74 Å². The van der Waals surface area contributed by atoms with E-state index in [-0.39, 0.29) is 0 Å². The topological polar surface area (TPSA) is 24.5 Å². The third-order valence-electron chi connectivity index (χ3n) is 4.39. The molecule has 0 spiro atoms. The lowest BCUT2D eigenvalue weighted by atomic mass is 10.1. The molecule has 3 nitrogen and oxygen atoms in total. The van der Waals surface area contributed by atoms with E-state index in [1.807, 2.05) is 0 Å². The lowest BCUT2D eigenvalue weighted by Gasteiger charge is -2.18. The van der Waals surface area contributed by atoms with Crippen molar-refractivity contribution in [1.29, 1.82) is 0 Å². The fourth-order valence-electron chi connectivity index (χ4n) is 3.20. The minimum Gasteiger partial charge on any atom is -0.385 e. The van der Waals surface area contributed by atoms with E-state index in [1.54, 1.807) is 0 Å². The van der Waals surface area contributed by atoms with Gasteiger partial charge in [0.25, 0.3) is 0 Å². The van der Waals surface area contributed by atoms with Crippen molar-refractivity contribution in [3.63, 3.8) is 0 Å². The van der Waals surface area contributed by atoms with Gasteiger partial charge in [0.05, 0.1) is 6.10 Å². The first-order chi connectivity index (χ1) is 9.92. The first-order valence-electron chi connectivity index (χ1n) is 8.12. The number of nitrogens with zero attached hydrogens (tertiary/aromatic N) is 1. The van der Waals surface area contributed by atoms with Crippen molar-refractivity contribution in [3.8, 4) is 0 Å². The zero-order chi connectivity index (χ0) is 13.6. The quantitative estimate of drug-likeness (QED) is 0.801. The third kappa shape index (κ3) is 3.66. The van der Waals surface area contributed by atoms with Crippen LogP contribution in [-0.4, -0.2) is 32.3 Å². The van der Waals surface area contributed by atoms with Gasteiger partial charge in [-0.2, -0.15) is 0 Å². The molecule has 110 valence electrons. The van der Waals surface area contributed by atoms with Crippen LogP contribution in [-0.2, 0) is 4.74 Å². The maximum absolute atomic E-state index is 5.64. The summed E-state index contributed by atoms with van der Waals surface area (Å²) in [6.45, 7) is 4.45. The van der Waals surface area contributed by atoms with Crippen LogP contribution >= 0.6 is 0 Å². The van der Waals surface area contributed by atoms with Gasteiger partial charge in [0, 0.05) is 37.6 Å². The van der Waals surface area contributed by atoms with Crippen LogP contribution in [0.15, 0.2) is 24.3 Å². The molecule has 1 N–H and O–H groups in total. The monoisotopic (exact) mass is 274 g/mol. The molecule has 1 aromatic rings. The minimum absolute atomic E-state index is 0.523. The van der Waals surface area contributed by atoms with E-state index >= 15 is 0 Å². The van der Waals surface area contributed by atoms with Gasteiger partial charge in [-0.05, 0) is 62.8 Å². The van der Waals surface area contributed by atoms with Crippen molar-refractivity contribution < 1.29 is 4.74 Å². The van der Waals surface area contributed by atoms with Crippen LogP contribution in [0.25, 0.3) is 0 Å². The number of hydrogen-bond donors (Lipinski definition) is 1. The lowest BCUT2D eigenvalue weighted by Crippen LogP contribution is -2.17. The summed E-state index contributed by atoms with van der Waals surface area (Å²) < 4.78 is 5.64. The standard InChI is InChI=1S/C17H26N2O/c1-2-13-19(12-1)16-9-7-15(8-10-16)18-11-3-5-17-6-4-14-20-17/h7-10,17-18H,1-6,11-14H2. The van der Waals surface area contributed by atoms with E-state index in [0.717, 1.165) is 13.2 Å². The summed E-state index contributed by atoms with van der Waals surface area (Å²) in [6.07, 6.45) is 8.08. The van der Waals surface area contributed by atoms with E-state index in [1.165, 1.54) is 63.0 Å². The molecule has 1 unspecified atom stereocenters. The Bertz CT molecular complexity index is 392. The van der Waals surface area contributed by atoms with Gasteiger partial charge in [-0.1, -0.05) is 0 Å². The van der Waals surface area contributed by atoms with Crippen molar-refractivity contribution in [3.05, 3.63) is 24.3 Å². The average Bonchev–Trinajstić information content (AvgIpc) is 3.17. The SMILES string of the molecule is c1cc(N2CCCC2)ccc1NCCCC1CCCO1. The van der Waals surface area contributed by atoms with E-state index in [9.17, 15) is 0 Å². The van der Waals surface area contributed by atoms with Crippen LogP contribution in [0, 0.1) is 0 Å². The molecule has 2 aliphatic heterocycles. The van der Waals surface area contributed by atoms with Crippen molar-refractivity contribution in [1.82, 2.24) is 0 Å². The van der Waals surface area contributed by atoms with Gasteiger partial charge in [0.15, 0.2) is 0 Å². The highest BCUT2D eigenvalue weighted by Crippen LogP contribution is 2.22. The van der Waals surface area contributed by atoms with Crippen molar-refractivity contribution in [2.45, 2.75) is 44.6 Å². The first kappa shape index (κ1) is 13.7. The molecule has 0 bridgehead atoms. The molecular weight excluding hydrogens is 248 g/mol. The summed E-state index contributed by atoms with van der Waals surface area (Å²) in [7, 11) is 0. The summed E-state index contributed by atoms with van der Waals surface area (Å²) in [4.78, 5) is 2.47. The summed E-state index contributed by atoms with van der Waals surface area (Å²) in [5.41, 5.74) is 2.60. The van der Waals surface area contributed by atoms with Crippen molar-refractivity contribution in [2.24, 2.45) is 0 Å². The molecule has 1 atom stereocenters. The van der Waals surface area contributed by atoms with Gasteiger partial charge in [-0.15, -0.1) is 0 Å². The number of rotatable bonds is 6. The average molecular weight is 274 g/mol. The van der Waals surface area contributed by atoms with E-state index in [0.29, 0.717) is 6.10 Å². The maximum atomic E-state index is 5.64. The van der Waals surface area contributed by atoms with Crippen LogP contribution in [0.4, 0.5) is 11.4 Å². The Morgan fingerprint density at radius 3 is 2.60 bits per heavy atom. The minimum atomic E-state index is 0.523. The number of benzene rings is 1. The molecule has 3 heteroatoms. The van der Waals surface area contributed by atoms with Crippen LogP contribution in [0.5, 0.6) is 0 Å². The molecule has 2 saturated heterocycles. The normalized spacial score (nSPS) is 22.4. The Morgan fingerprint density at radius 1 is 1.10 bits per heavy atom. The van der Waals surface area contributed by atoms with Crippen molar-refractivity contribution >= 4 is 11.4 Å². The molecule has 2 aliphatic rings. The van der Waals surface area contributed by atoms with Crippen LogP contribution in [0.3, 0.4) is 0 Å². The fourth-order valence-corrected chi connectivity index (χ4v) is 3.20. The second-order valence-electron chi connectivity index (χ2n) is 5.95. The summed E-state index contributed by atoms with van der Waals surface area (Å²) >= 11 is 0.